The third kappa shape index (κ3) is 8.44. The fraction of sp³-hybridized carbons (Fsp3) is 0.526. The molecule has 0 saturated carbocycles. The zero-order valence-electron chi connectivity index (χ0n) is 16.4. The highest BCUT2D eigenvalue weighted by Gasteiger charge is 2.30. The highest BCUT2D eigenvalue weighted by atomic mass is 16.6. The van der Waals surface area contributed by atoms with E-state index < -0.39 is 24.2 Å². The van der Waals surface area contributed by atoms with Crippen molar-refractivity contribution in [1.29, 1.82) is 0 Å². The molecule has 1 rings (SSSR count). The third-order valence-electron chi connectivity index (χ3n) is 3.28. The molecule has 1 aromatic carbocycles. The minimum atomic E-state index is -0.779. The summed E-state index contributed by atoms with van der Waals surface area (Å²) in [6.07, 6.45) is -1.99. The molecule has 0 saturated heterocycles. The van der Waals surface area contributed by atoms with Crippen LogP contribution in [0.4, 0.5) is 9.59 Å². The van der Waals surface area contributed by atoms with Crippen LogP contribution in [0.2, 0.25) is 0 Å². The van der Waals surface area contributed by atoms with Gasteiger partial charge >= 0.3 is 18.2 Å². The van der Waals surface area contributed by atoms with Crippen LogP contribution in [0.3, 0.4) is 0 Å². The lowest BCUT2D eigenvalue weighted by molar-refractivity contribution is -0.141. The lowest BCUT2D eigenvalue weighted by atomic mass is 10.0. The van der Waals surface area contributed by atoms with Crippen molar-refractivity contribution in [2.45, 2.75) is 59.3 Å². The van der Waals surface area contributed by atoms with Gasteiger partial charge in [0.25, 0.3) is 0 Å². The molecule has 0 spiro atoms. The number of amides is 2. The van der Waals surface area contributed by atoms with Crippen LogP contribution in [0.1, 0.15) is 52.6 Å². The van der Waals surface area contributed by atoms with Gasteiger partial charge in [-0.3, -0.25) is 4.79 Å². The predicted octanol–water partition coefficient (Wildman–Crippen LogP) is 3.58. The Morgan fingerprint density at radius 2 is 1.59 bits per heavy atom. The summed E-state index contributed by atoms with van der Waals surface area (Å²) < 4.78 is 15.3. The fourth-order valence-corrected chi connectivity index (χ4v) is 2.28. The number of ether oxygens (including phenoxy) is 3. The highest BCUT2D eigenvalue weighted by Crippen LogP contribution is 2.24. The highest BCUT2D eigenvalue weighted by molar-refractivity contribution is 5.74. The lowest BCUT2D eigenvalue weighted by Crippen LogP contribution is -2.49. The number of nitrogens with one attached hydrogen (secondary N) is 1. The van der Waals surface area contributed by atoms with Gasteiger partial charge in [-0.1, -0.05) is 30.3 Å². The molecule has 8 heteroatoms. The van der Waals surface area contributed by atoms with E-state index in [4.69, 9.17) is 14.2 Å². The van der Waals surface area contributed by atoms with Gasteiger partial charge in [-0.05, 0) is 33.3 Å². The molecule has 0 aliphatic carbocycles. The number of esters is 1. The van der Waals surface area contributed by atoms with Gasteiger partial charge in [-0.25, -0.2) is 20.0 Å². The molecule has 0 fully saturated rings. The largest absolute Gasteiger partial charge is 0.466 e. The van der Waals surface area contributed by atoms with E-state index in [2.05, 4.69) is 5.43 Å². The van der Waals surface area contributed by atoms with Gasteiger partial charge in [-0.15, -0.1) is 0 Å². The molecule has 150 valence electrons. The first-order valence-electron chi connectivity index (χ1n) is 8.86. The van der Waals surface area contributed by atoms with Crippen molar-refractivity contribution in [2.24, 2.45) is 0 Å². The minimum Gasteiger partial charge on any atom is -0.466 e. The second-order valence-corrected chi connectivity index (χ2v) is 6.42. The SMILES string of the molecule is CC(=O)OCCC(c1ccccc1)N(NC(=O)OC(C)C)C(=O)OC(C)C. The van der Waals surface area contributed by atoms with Crippen LogP contribution in [-0.4, -0.2) is 42.0 Å². The summed E-state index contributed by atoms with van der Waals surface area (Å²) in [6, 6.07) is 8.47. The van der Waals surface area contributed by atoms with Crippen molar-refractivity contribution in [3.63, 3.8) is 0 Å². The second-order valence-electron chi connectivity index (χ2n) is 6.42. The number of nitrogens with zero attached hydrogens (tertiary/aromatic N) is 1. The van der Waals surface area contributed by atoms with Crippen molar-refractivity contribution in [2.75, 3.05) is 6.61 Å². The number of carbonyl (C=O) groups is 3. The number of hydrogen-bond acceptors (Lipinski definition) is 6. The zero-order chi connectivity index (χ0) is 20.4. The van der Waals surface area contributed by atoms with E-state index in [1.165, 1.54) is 6.92 Å². The molecule has 1 N–H and O–H groups in total. The summed E-state index contributed by atoms with van der Waals surface area (Å²) in [6.45, 7) is 8.19. The predicted molar refractivity (Wildman–Crippen MR) is 98.6 cm³/mol. The van der Waals surface area contributed by atoms with E-state index in [-0.39, 0.29) is 25.2 Å². The lowest BCUT2D eigenvalue weighted by Gasteiger charge is -2.31. The topological polar surface area (TPSA) is 94.2 Å². The van der Waals surface area contributed by atoms with Crippen LogP contribution in [0.5, 0.6) is 0 Å². The molecule has 1 aromatic rings. The minimum absolute atomic E-state index is 0.0707. The van der Waals surface area contributed by atoms with E-state index >= 15 is 0 Å². The van der Waals surface area contributed by atoms with Gasteiger partial charge in [0.1, 0.15) is 0 Å². The molecule has 1 unspecified atom stereocenters. The van der Waals surface area contributed by atoms with Gasteiger partial charge in [0.05, 0.1) is 24.9 Å². The van der Waals surface area contributed by atoms with Gasteiger partial charge in [0.2, 0.25) is 0 Å². The Labute approximate surface area is 159 Å². The number of hydrazine groups is 1. The number of hydrogen-bond donors (Lipinski definition) is 1. The zero-order valence-corrected chi connectivity index (χ0v) is 16.4. The summed E-state index contributed by atoms with van der Waals surface area (Å²) in [5.41, 5.74) is 3.19. The molecule has 0 heterocycles. The second kappa shape index (κ2) is 11.1. The molecular formula is C19H28N2O6. The van der Waals surface area contributed by atoms with E-state index in [0.29, 0.717) is 0 Å². The summed E-state index contributed by atoms with van der Waals surface area (Å²) in [7, 11) is 0. The molecule has 0 aliphatic rings. The van der Waals surface area contributed by atoms with Crippen molar-refractivity contribution < 1.29 is 28.6 Å². The molecule has 1 atom stereocenters. The molecule has 0 bridgehead atoms. The summed E-state index contributed by atoms with van der Waals surface area (Å²) >= 11 is 0. The maximum atomic E-state index is 12.6. The van der Waals surface area contributed by atoms with E-state index in [0.717, 1.165) is 10.6 Å². The summed E-state index contributed by atoms with van der Waals surface area (Å²) in [4.78, 5) is 35.8. The van der Waals surface area contributed by atoms with Crippen molar-refractivity contribution >= 4 is 18.2 Å². The van der Waals surface area contributed by atoms with Gasteiger partial charge in [0, 0.05) is 13.3 Å². The molecule has 0 radical (unpaired) electrons. The summed E-state index contributed by atoms with van der Waals surface area (Å²) in [5, 5.41) is 1.07. The Morgan fingerprint density at radius 1 is 1.00 bits per heavy atom. The Balaban J connectivity index is 3.11. The first kappa shape index (κ1) is 22.3. The monoisotopic (exact) mass is 380 g/mol. The van der Waals surface area contributed by atoms with Crippen LogP contribution < -0.4 is 5.43 Å². The van der Waals surface area contributed by atoms with Gasteiger partial charge in [-0.2, -0.15) is 0 Å². The van der Waals surface area contributed by atoms with Crippen LogP contribution in [0.15, 0.2) is 30.3 Å². The molecule has 0 aliphatic heterocycles. The normalized spacial score (nSPS) is 11.7. The van der Waals surface area contributed by atoms with E-state index in [1.807, 2.05) is 30.3 Å². The van der Waals surface area contributed by atoms with Crippen LogP contribution in [0.25, 0.3) is 0 Å². The molecule has 8 nitrogen and oxygen atoms in total. The molecule has 0 aromatic heterocycles. The number of rotatable bonds is 7. The van der Waals surface area contributed by atoms with Gasteiger partial charge in [0.15, 0.2) is 0 Å². The summed E-state index contributed by atoms with van der Waals surface area (Å²) in [5.74, 6) is -0.426. The van der Waals surface area contributed by atoms with Gasteiger partial charge < -0.3 is 14.2 Å². The Hall–Kier alpha value is -2.77. The van der Waals surface area contributed by atoms with E-state index in [1.54, 1.807) is 27.7 Å². The molecule has 2 amide bonds. The first-order chi connectivity index (χ1) is 12.7. The average molecular weight is 380 g/mol. The Kier molecular flexibility index (Phi) is 9.12. The molecular weight excluding hydrogens is 352 g/mol. The quantitative estimate of drug-likeness (QED) is 0.441. The standard InChI is InChI=1S/C19H28N2O6/c1-13(2)26-18(23)20-21(19(24)27-14(3)4)17(11-12-25-15(5)22)16-9-7-6-8-10-16/h6-10,13-14,17H,11-12H2,1-5H3,(H,20,23). The van der Waals surface area contributed by atoms with Crippen LogP contribution in [0, 0.1) is 0 Å². The maximum Gasteiger partial charge on any atom is 0.429 e. The van der Waals surface area contributed by atoms with Crippen molar-refractivity contribution in [3.8, 4) is 0 Å². The number of carbonyl (C=O) groups excluding carboxylic acids is 3. The average Bonchev–Trinajstić information content (AvgIpc) is 2.56. The van der Waals surface area contributed by atoms with E-state index in [9.17, 15) is 14.4 Å². The van der Waals surface area contributed by atoms with Crippen molar-refractivity contribution in [1.82, 2.24) is 10.4 Å². The van der Waals surface area contributed by atoms with Crippen LogP contribution >= 0.6 is 0 Å². The number of benzene rings is 1. The third-order valence-corrected chi connectivity index (χ3v) is 3.28. The maximum absolute atomic E-state index is 12.6. The Morgan fingerprint density at radius 3 is 2.11 bits per heavy atom. The smallest absolute Gasteiger partial charge is 0.429 e. The van der Waals surface area contributed by atoms with Crippen molar-refractivity contribution in [3.05, 3.63) is 35.9 Å². The first-order valence-corrected chi connectivity index (χ1v) is 8.86. The molecule has 27 heavy (non-hydrogen) atoms. The van der Waals surface area contributed by atoms with Crippen LogP contribution in [-0.2, 0) is 19.0 Å². The fourth-order valence-electron chi connectivity index (χ4n) is 2.28. The Bertz CT molecular complexity index is 618.